The van der Waals surface area contributed by atoms with Crippen molar-refractivity contribution in [2.45, 2.75) is 50.1 Å². The third-order valence-corrected chi connectivity index (χ3v) is 5.89. The molecule has 0 saturated heterocycles. The first-order valence-corrected chi connectivity index (χ1v) is 9.44. The maximum atomic E-state index is 6.86. The smallest absolute Gasteiger partial charge is 0.116 e. The van der Waals surface area contributed by atoms with Gasteiger partial charge in [-0.15, -0.1) is 0 Å². The predicted octanol–water partition coefficient (Wildman–Crippen LogP) is 3.71. The number of fused-ring (bicyclic) bond motifs is 1. The summed E-state index contributed by atoms with van der Waals surface area (Å²) in [5.74, 6) is 0.782. The van der Waals surface area contributed by atoms with Crippen LogP contribution in [0.2, 0.25) is 0 Å². The molecule has 1 aromatic heterocycles. The normalized spacial score (nSPS) is 27.4. The molecule has 4 nitrogen and oxygen atoms in total. The summed E-state index contributed by atoms with van der Waals surface area (Å²) < 4.78 is 0. The van der Waals surface area contributed by atoms with Crippen molar-refractivity contribution in [3.63, 3.8) is 0 Å². The van der Waals surface area contributed by atoms with Gasteiger partial charge in [-0.25, -0.2) is 9.97 Å². The largest absolute Gasteiger partial charge is 0.320 e. The van der Waals surface area contributed by atoms with Gasteiger partial charge in [-0.3, -0.25) is 0 Å². The highest BCUT2D eigenvalue weighted by atomic mass is 15.1. The molecular formula is C21H28N4. The van der Waals surface area contributed by atoms with Gasteiger partial charge in [-0.05, 0) is 76.2 Å². The van der Waals surface area contributed by atoms with E-state index in [2.05, 4.69) is 59.3 Å². The number of hydrogen-bond donors (Lipinski definition) is 1. The molecule has 2 aliphatic rings. The third-order valence-electron chi connectivity index (χ3n) is 5.89. The Hall–Kier alpha value is -1.78. The molecule has 0 unspecified atom stereocenters. The fraction of sp³-hybridized carbons (Fsp3) is 0.524. The van der Waals surface area contributed by atoms with E-state index in [9.17, 15) is 0 Å². The predicted molar refractivity (Wildman–Crippen MR) is 103 cm³/mol. The van der Waals surface area contributed by atoms with Gasteiger partial charge in [0.05, 0.1) is 16.7 Å². The Morgan fingerprint density at radius 1 is 1.12 bits per heavy atom. The fourth-order valence-electron chi connectivity index (χ4n) is 3.98. The van der Waals surface area contributed by atoms with Gasteiger partial charge in [-0.1, -0.05) is 18.2 Å². The van der Waals surface area contributed by atoms with Gasteiger partial charge in [0.2, 0.25) is 0 Å². The lowest BCUT2D eigenvalue weighted by molar-refractivity contribution is 0.172. The summed E-state index contributed by atoms with van der Waals surface area (Å²) in [6.07, 6.45) is 13.1. The minimum absolute atomic E-state index is 0.341. The van der Waals surface area contributed by atoms with Crippen LogP contribution in [0, 0.1) is 5.92 Å². The van der Waals surface area contributed by atoms with Crippen LogP contribution in [0.5, 0.6) is 0 Å². The Bertz CT molecular complexity index is 784. The number of nitrogens with two attached hydrogens (primary N) is 1. The Labute approximate surface area is 150 Å². The molecule has 0 amide bonds. The van der Waals surface area contributed by atoms with Crippen LogP contribution >= 0.6 is 0 Å². The van der Waals surface area contributed by atoms with Crippen molar-refractivity contribution in [3.8, 4) is 0 Å². The lowest BCUT2D eigenvalue weighted by Gasteiger charge is -2.39. The van der Waals surface area contributed by atoms with Crippen LogP contribution in [-0.2, 0) is 5.54 Å². The van der Waals surface area contributed by atoms with Crippen LogP contribution in [-0.4, -0.2) is 35.0 Å². The molecule has 2 fully saturated rings. The van der Waals surface area contributed by atoms with E-state index in [1.165, 1.54) is 18.4 Å². The summed E-state index contributed by atoms with van der Waals surface area (Å²) in [5.41, 5.74) is 9.76. The standard InChI is InChI=1S/C21H28N4/c1-25(2)17-9-11-21(22,12-10-17)20-18-13-16(6-5-15-3-4-15)7-8-19(18)23-14-24-20/h5-8,13-15,17H,3-4,9-12,22H2,1-2H3. The summed E-state index contributed by atoms with van der Waals surface area (Å²) in [6.45, 7) is 0. The van der Waals surface area contributed by atoms with Crippen molar-refractivity contribution in [2.24, 2.45) is 11.7 Å². The SMILES string of the molecule is CN(C)C1CCC(N)(c2ncnc3ccc(C=CC4CC4)cc23)CC1. The molecule has 2 aliphatic carbocycles. The second kappa shape index (κ2) is 6.50. The molecule has 2 N–H and O–H groups in total. The van der Waals surface area contributed by atoms with Crippen molar-refractivity contribution in [1.82, 2.24) is 14.9 Å². The molecule has 4 rings (SSSR count). The van der Waals surface area contributed by atoms with Crippen LogP contribution in [0.1, 0.15) is 49.8 Å². The van der Waals surface area contributed by atoms with Gasteiger partial charge in [0.15, 0.2) is 0 Å². The van der Waals surface area contributed by atoms with Crippen molar-refractivity contribution in [2.75, 3.05) is 14.1 Å². The summed E-state index contributed by atoms with van der Waals surface area (Å²) in [5, 5.41) is 1.12. The molecule has 0 aliphatic heterocycles. The number of benzene rings is 1. The Balaban J connectivity index is 1.67. The van der Waals surface area contributed by atoms with E-state index >= 15 is 0 Å². The average molecular weight is 336 g/mol. The topological polar surface area (TPSA) is 55.0 Å². The molecule has 0 atom stereocenters. The van der Waals surface area contributed by atoms with Crippen LogP contribution < -0.4 is 5.73 Å². The number of nitrogens with zero attached hydrogens (tertiary/aromatic N) is 3. The Morgan fingerprint density at radius 3 is 2.56 bits per heavy atom. The first-order chi connectivity index (χ1) is 12.0. The van der Waals surface area contributed by atoms with Gasteiger partial charge in [-0.2, -0.15) is 0 Å². The second-order valence-corrected chi connectivity index (χ2v) is 8.05. The highest BCUT2D eigenvalue weighted by Crippen LogP contribution is 2.38. The molecule has 132 valence electrons. The summed E-state index contributed by atoms with van der Waals surface area (Å²) in [4.78, 5) is 11.4. The first-order valence-electron chi connectivity index (χ1n) is 9.44. The van der Waals surface area contributed by atoms with Crippen molar-refractivity contribution in [3.05, 3.63) is 41.9 Å². The van der Waals surface area contributed by atoms with Gasteiger partial charge in [0, 0.05) is 11.4 Å². The van der Waals surface area contributed by atoms with E-state index < -0.39 is 0 Å². The third kappa shape index (κ3) is 3.46. The van der Waals surface area contributed by atoms with E-state index in [0.717, 1.165) is 48.2 Å². The number of hydrogen-bond acceptors (Lipinski definition) is 4. The molecule has 0 spiro atoms. The van der Waals surface area contributed by atoms with Gasteiger partial charge >= 0.3 is 0 Å². The molecule has 1 aromatic carbocycles. The Morgan fingerprint density at radius 2 is 1.88 bits per heavy atom. The minimum Gasteiger partial charge on any atom is -0.320 e. The average Bonchev–Trinajstić information content (AvgIpc) is 3.44. The molecule has 0 bridgehead atoms. The van der Waals surface area contributed by atoms with Gasteiger partial charge in [0.1, 0.15) is 6.33 Å². The van der Waals surface area contributed by atoms with Crippen LogP contribution in [0.15, 0.2) is 30.6 Å². The van der Waals surface area contributed by atoms with E-state index in [1.54, 1.807) is 6.33 Å². The number of allylic oxidation sites excluding steroid dienone is 1. The maximum Gasteiger partial charge on any atom is 0.116 e. The van der Waals surface area contributed by atoms with Gasteiger partial charge in [0.25, 0.3) is 0 Å². The van der Waals surface area contributed by atoms with Crippen LogP contribution in [0.4, 0.5) is 0 Å². The number of aromatic nitrogens is 2. The molecule has 2 aromatic rings. The lowest BCUT2D eigenvalue weighted by atomic mass is 9.76. The molecule has 4 heteroatoms. The highest BCUT2D eigenvalue weighted by Gasteiger charge is 2.36. The van der Waals surface area contributed by atoms with E-state index in [-0.39, 0.29) is 5.54 Å². The van der Waals surface area contributed by atoms with Gasteiger partial charge < -0.3 is 10.6 Å². The van der Waals surface area contributed by atoms with E-state index in [0.29, 0.717) is 6.04 Å². The van der Waals surface area contributed by atoms with E-state index in [4.69, 9.17) is 5.73 Å². The van der Waals surface area contributed by atoms with Crippen LogP contribution in [0.3, 0.4) is 0 Å². The summed E-state index contributed by atoms with van der Waals surface area (Å²) in [7, 11) is 4.32. The molecule has 25 heavy (non-hydrogen) atoms. The van der Waals surface area contributed by atoms with Crippen molar-refractivity contribution < 1.29 is 0 Å². The Kier molecular flexibility index (Phi) is 4.34. The highest BCUT2D eigenvalue weighted by molar-refractivity contribution is 5.84. The minimum atomic E-state index is -0.341. The molecule has 1 heterocycles. The van der Waals surface area contributed by atoms with Crippen LogP contribution in [0.25, 0.3) is 17.0 Å². The lowest BCUT2D eigenvalue weighted by Crippen LogP contribution is -2.45. The zero-order valence-electron chi connectivity index (χ0n) is 15.3. The van der Waals surface area contributed by atoms with Crippen molar-refractivity contribution >= 4 is 17.0 Å². The maximum absolute atomic E-state index is 6.86. The molecular weight excluding hydrogens is 308 g/mol. The molecule has 2 saturated carbocycles. The zero-order valence-corrected chi connectivity index (χ0v) is 15.3. The monoisotopic (exact) mass is 336 g/mol. The quantitative estimate of drug-likeness (QED) is 0.925. The van der Waals surface area contributed by atoms with E-state index in [1.807, 2.05) is 0 Å². The zero-order chi connectivity index (χ0) is 17.4. The molecule has 0 radical (unpaired) electrons. The summed E-state index contributed by atoms with van der Waals surface area (Å²) >= 11 is 0. The first kappa shape index (κ1) is 16.7. The second-order valence-electron chi connectivity index (χ2n) is 8.05. The number of rotatable bonds is 4. The summed E-state index contributed by atoms with van der Waals surface area (Å²) in [6, 6.07) is 7.09. The van der Waals surface area contributed by atoms with Crippen molar-refractivity contribution in [1.29, 1.82) is 0 Å². The fourth-order valence-corrected chi connectivity index (χ4v) is 3.98.